The topological polar surface area (TPSA) is 96.3 Å². The summed E-state index contributed by atoms with van der Waals surface area (Å²) in [6.45, 7) is 12.7. The first-order valence-corrected chi connectivity index (χ1v) is 16.4. The maximum absolute atomic E-state index is 12.9. The SMILES string of the molecule is CC1(C)c2cc(NC3CC(C)(C)N([O])C(C)(C)C3)ccc2-c2ccc(-c3ccc(-c4ccc(/C=C(/C#N)C(=O)O)s4)s3)cc21. The van der Waals surface area contributed by atoms with Crippen molar-refractivity contribution in [2.24, 2.45) is 0 Å². The number of nitriles is 1. The Kier molecular flexibility index (Phi) is 7.37. The predicted molar refractivity (Wildman–Crippen MR) is 179 cm³/mol. The molecule has 2 aromatic carbocycles. The number of hydroxylamine groups is 2. The van der Waals surface area contributed by atoms with Gasteiger partial charge < -0.3 is 10.4 Å². The van der Waals surface area contributed by atoms with Gasteiger partial charge in [0.15, 0.2) is 0 Å². The lowest BCUT2D eigenvalue weighted by Gasteiger charge is -2.50. The molecule has 0 atom stereocenters. The normalized spacial score (nSPS) is 18.8. The minimum absolute atomic E-state index is 0.174. The molecule has 6 rings (SSSR count). The Morgan fingerprint density at radius 2 is 1.48 bits per heavy atom. The zero-order valence-corrected chi connectivity index (χ0v) is 27.5. The van der Waals surface area contributed by atoms with E-state index in [9.17, 15) is 15.1 Å². The van der Waals surface area contributed by atoms with Gasteiger partial charge in [-0.1, -0.05) is 32.0 Å². The fourth-order valence-corrected chi connectivity index (χ4v) is 9.10. The van der Waals surface area contributed by atoms with Crippen molar-refractivity contribution in [3.63, 3.8) is 0 Å². The highest BCUT2D eigenvalue weighted by molar-refractivity contribution is 7.24. The van der Waals surface area contributed by atoms with Crippen molar-refractivity contribution in [3.8, 4) is 37.4 Å². The van der Waals surface area contributed by atoms with Crippen LogP contribution in [-0.4, -0.2) is 33.3 Å². The number of fused-ring (bicyclic) bond motifs is 3. The Balaban J connectivity index is 1.25. The number of aliphatic carboxylic acids is 1. The van der Waals surface area contributed by atoms with Crippen LogP contribution in [0.5, 0.6) is 0 Å². The second kappa shape index (κ2) is 10.7. The molecule has 2 N–H and O–H groups in total. The molecule has 0 unspecified atom stereocenters. The first-order chi connectivity index (χ1) is 20.7. The summed E-state index contributed by atoms with van der Waals surface area (Å²) in [6, 6.07) is 23.5. The molecule has 1 aliphatic carbocycles. The van der Waals surface area contributed by atoms with Crippen LogP contribution in [0.15, 0.2) is 66.2 Å². The van der Waals surface area contributed by atoms with Crippen molar-refractivity contribution in [3.05, 3.63) is 82.2 Å². The van der Waals surface area contributed by atoms with E-state index in [1.807, 2.05) is 39.8 Å². The first kappa shape index (κ1) is 30.3. The summed E-state index contributed by atoms with van der Waals surface area (Å²) >= 11 is 3.18. The highest BCUT2D eigenvalue weighted by Gasteiger charge is 2.46. The molecule has 4 aromatic rings. The highest BCUT2D eigenvalue weighted by atomic mass is 32.1. The van der Waals surface area contributed by atoms with Crippen LogP contribution in [0.3, 0.4) is 0 Å². The Morgan fingerprint density at radius 1 is 0.886 bits per heavy atom. The lowest BCUT2D eigenvalue weighted by Crippen LogP contribution is -2.60. The third kappa shape index (κ3) is 5.28. The molecule has 0 amide bonds. The number of carboxylic acids is 1. The van der Waals surface area contributed by atoms with Crippen molar-refractivity contribution in [2.45, 2.75) is 76.9 Å². The molecular weight excluding hydrogens is 587 g/mol. The van der Waals surface area contributed by atoms with Crippen LogP contribution in [0.1, 0.15) is 70.4 Å². The van der Waals surface area contributed by atoms with E-state index >= 15 is 0 Å². The van der Waals surface area contributed by atoms with E-state index in [4.69, 9.17) is 5.26 Å². The molecule has 1 radical (unpaired) electrons. The van der Waals surface area contributed by atoms with Gasteiger partial charge in [0.25, 0.3) is 0 Å². The van der Waals surface area contributed by atoms with Crippen molar-refractivity contribution >= 4 is 40.4 Å². The summed E-state index contributed by atoms with van der Waals surface area (Å²) in [5, 5.41) is 36.2. The predicted octanol–water partition coefficient (Wildman–Crippen LogP) is 9.22. The number of benzene rings is 2. The number of hydrogen-bond acceptors (Lipinski definition) is 6. The number of nitrogens with one attached hydrogen (secondary N) is 1. The molecule has 8 heteroatoms. The molecular formula is C36H36N3O3S2. The van der Waals surface area contributed by atoms with Gasteiger partial charge in [-0.25, -0.2) is 4.79 Å². The fourth-order valence-electron chi connectivity index (χ4n) is 7.05. The number of thiophene rings is 2. The van der Waals surface area contributed by atoms with Gasteiger partial charge in [-0.2, -0.15) is 5.26 Å². The molecule has 2 aliphatic rings. The van der Waals surface area contributed by atoms with E-state index < -0.39 is 17.0 Å². The zero-order valence-electron chi connectivity index (χ0n) is 25.8. The number of carboxylic acid groups (broad SMARTS) is 1. The van der Waals surface area contributed by atoms with E-state index in [2.05, 4.69) is 67.7 Å². The van der Waals surface area contributed by atoms with Gasteiger partial charge >= 0.3 is 5.97 Å². The van der Waals surface area contributed by atoms with Crippen LogP contribution in [-0.2, 0) is 15.4 Å². The third-order valence-corrected chi connectivity index (χ3v) is 11.4. The molecule has 1 fully saturated rings. The van der Waals surface area contributed by atoms with Crippen molar-refractivity contribution < 1.29 is 15.1 Å². The molecule has 0 bridgehead atoms. The van der Waals surface area contributed by atoms with Gasteiger partial charge in [0, 0.05) is 47.7 Å². The highest BCUT2D eigenvalue weighted by Crippen LogP contribution is 2.51. The van der Waals surface area contributed by atoms with Gasteiger partial charge in [0.05, 0.1) is 0 Å². The first-order valence-electron chi connectivity index (χ1n) is 14.8. The lowest BCUT2D eigenvalue weighted by atomic mass is 9.78. The van der Waals surface area contributed by atoms with Crippen molar-refractivity contribution in [1.29, 1.82) is 5.26 Å². The van der Waals surface area contributed by atoms with Crippen LogP contribution < -0.4 is 5.32 Å². The van der Waals surface area contributed by atoms with Gasteiger partial charge in [-0.05, 0) is 117 Å². The van der Waals surface area contributed by atoms with E-state index in [0.717, 1.165) is 33.2 Å². The van der Waals surface area contributed by atoms with E-state index in [1.54, 1.807) is 17.4 Å². The van der Waals surface area contributed by atoms with Gasteiger partial charge in [-0.15, -0.1) is 32.9 Å². The number of piperidine rings is 1. The zero-order chi connectivity index (χ0) is 31.6. The molecule has 225 valence electrons. The summed E-state index contributed by atoms with van der Waals surface area (Å²) in [4.78, 5) is 15.3. The Morgan fingerprint density at radius 3 is 2.14 bits per heavy atom. The summed E-state index contributed by atoms with van der Waals surface area (Å²) in [6.07, 6.45) is 3.00. The maximum atomic E-state index is 12.9. The molecule has 6 nitrogen and oxygen atoms in total. The quantitative estimate of drug-likeness (QED) is 0.165. The minimum atomic E-state index is -1.22. The Hall–Kier alpha value is -3.74. The number of rotatable bonds is 6. The number of nitrogens with zero attached hydrogens (tertiary/aromatic N) is 2. The largest absolute Gasteiger partial charge is 0.477 e. The standard InChI is InChI=1S/C36H36N3O3S2/c1-34(2)18-24(19-35(3,4)39(34)42)38-23-8-11-27-26-10-7-21(16-28(26)36(5,6)29(27)17-23)30-13-14-32(44-30)31-12-9-25(43-31)15-22(20-37)33(40)41/h7-17,24,38H,18-19H2,1-6H3,(H,40,41)/b22-15-. The lowest BCUT2D eigenvalue weighted by molar-refractivity contribution is -0.288. The monoisotopic (exact) mass is 622 g/mol. The molecule has 44 heavy (non-hydrogen) atoms. The number of anilines is 1. The third-order valence-electron chi connectivity index (χ3n) is 9.04. The number of hydrogen-bond donors (Lipinski definition) is 2. The van der Waals surface area contributed by atoms with Crippen molar-refractivity contribution in [2.75, 3.05) is 5.32 Å². The number of carbonyl (C=O) groups is 1. The van der Waals surface area contributed by atoms with Gasteiger partial charge in [0.2, 0.25) is 0 Å². The Bertz CT molecular complexity index is 1840. The van der Waals surface area contributed by atoms with Crippen LogP contribution in [0, 0.1) is 11.3 Å². The fraction of sp³-hybridized carbons (Fsp3) is 0.333. The minimum Gasteiger partial charge on any atom is -0.477 e. The summed E-state index contributed by atoms with van der Waals surface area (Å²) in [7, 11) is 0. The van der Waals surface area contributed by atoms with E-state index in [-0.39, 0.29) is 17.0 Å². The molecule has 1 aliphatic heterocycles. The van der Waals surface area contributed by atoms with E-state index in [0.29, 0.717) is 0 Å². The smallest absolute Gasteiger partial charge is 0.346 e. The second-order valence-electron chi connectivity index (χ2n) is 13.7. The van der Waals surface area contributed by atoms with Crippen LogP contribution in [0.2, 0.25) is 0 Å². The maximum Gasteiger partial charge on any atom is 0.346 e. The molecule has 0 saturated carbocycles. The van der Waals surface area contributed by atoms with Gasteiger partial charge in [0.1, 0.15) is 11.6 Å². The van der Waals surface area contributed by atoms with Crippen LogP contribution >= 0.6 is 22.7 Å². The molecule has 2 aromatic heterocycles. The summed E-state index contributed by atoms with van der Waals surface area (Å²) in [5.41, 5.74) is 6.11. The second-order valence-corrected chi connectivity index (χ2v) is 15.9. The van der Waals surface area contributed by atoms with Gasteiger partial charge in [-0.3, -0.25) is 0 Å². The molecule has 1 saturated heterocycles. The summed E-state index contributed by atoms with van der Waals surface area (Å²) < 4.78 is 0. The molecule has 3 heterocycles. The average Bonchev–Trinajstić information content (AvgIpc) is 3.68. The van der Waals surface area contributed by atoms with Crippen LogP contribution in [0.4, 0.5) is 5.69 Å². The van der Waals surface area contributed by atoms with E-state index in [1.165, 1.54) is 55.2 Å². The van der Waals surface area contributed by atoms with Crippen molar-refractivity contribution in [1.82, 2.24) is 5.06 Å². The van der Waals surface area contributed by atoms with Crippen LogP contribution in [0.25, 0.3) is 37.4 Å². The Labute approximate surface area is 266 Å². The average molecular weight is 623 g/mol. The summed E-state index contributed by atoms with van der Waals surface area (Å²) in [5.74, 6) is -1.22. The molecule has 0 spiro atoms.